The number of carboxylic acid groups (broad SMARTS) is 1. The van der Waals surface area contributed by atoms with Gasteiger partial charge < -0.3 is 5.11 Å². The van der Waals surface area contributed by atoms with E-state index in [1.165, 1.54) is 31.0 Å². The molecular weight excluding hydrogens is 240 g/mol. The predicted octanol–water partition coefficient (Wildman–Crippen LogP) is 2.58. The van der Waals surface area contributed by atoms with E-state index >= 15 is 0 Å². The number of nitrogens with zero attached hydrogens (tertiary/aromatic N) is 2. The molecule has 98 valence electrons. The second kappa shape index (κ2) is 4.88. The molecule has 0 spiro atoms. The van der Waals surface area contributed by atoms with Gasteiger partial charge in [0.2, 0.25) is 0 Å². The van der Waals surface area contributed by atoms with E-state index in [9.17, 15) is 4.79 Å². The largest absolute Gasteiger partial charge is 0.478 e. The Morgan fingerprint density at radius 1 is 1.26 bits per heavy atom. The third kappa shape index (κ3) is 3.02. The van der Waals surface area contributed by atoms with Gasteiger partial charge in [-0.2, -0.15) is 5.10 Å². The van der Waals surface area contributed by atoms with Crippen molar-refractivity contribution in [2.75, 3.05) is 0 Å². The number of carbonyl (C=O) groups is 1. The molecule has 19 heavy (non-hydrogen) atoms. The van der Waals surface area contributed by atoms with Crippen LogP contribution in [0.4, 0.5) is 0 Å². The quantitative estimate of drug-likeness (QED) is 0.894. The Bertz CT molecular complexity index is 582. The van der Waals surface area contributed by atoms with E-state index in [0.717, 1.165) is 11.5 Å². The second-order valence-corrected chi connectivity index (χ2v) is 5.20. The third-order valence-corrected chi connectivity index (χ3v) is 3.47. The van der Waals surface area contributed by atoms with Crippen molar-refractivity contribution >= 4 is 5.97 Å². The fraction of sp³-hybridized carbons (Fsp3) is 0.333. The van der Waals surface area contributed by atoms with Crippen LogP contribution in [0.2, 0.25) is 0 Å². The molecule has 0 unspecified atom stereocenters. The summed E-state index contributed by atoms with van der Waals surface area (Å²) < 4.78 is 1.65. The topological polar surface area (TPSA) is 55.1 Å². The van der Waals surface area contributed by atoms with Gasteiger partial charge in [0, 0.05) is 6.20 Å². The van der Waals surface area contributed by atoms with Crippen LogP contribution < -0.4 is 0 Å². The Hall–Kier alpha value is -2.10. The maximum absolute atomic E-state index is 10.8. The smallest absolute Gasteiger partial charge is 0.338 e. The first kappa shape index (κ1) is 12.0. The minimum absolute atomic E-state index is 0.227. The fourth-order valence-electron chi connectivity index (χ4n) is 2.18. The fourth-order valence-corrected chi connectivity index (χ4v) is 2.18. The highest BCUT2D eigenvalue weighted by Gasteiger charge is 2.21. The van der Waals surface area contributed by atoms with Crippen LogP contribution in [0.25, 0.3) is 0 Å². The Morgan fingerprint density at radius 3 is 2.53 bits per heavy atom. The Labute approximate surface area is 111 Å². The first-order valence-electron chi connectivity index (χ1n) is 6.54. The molecular formula is C15H16N2O2. The van der Waals surface area contributed by atoms with Gasteiger partial charge in [-0.3, -0.25) is 4.68 Å². The van der Waals surface area contributed by atoms with Crippen molar-refractivity contribution < 1.29 is 9.90 Å². The van der Waals surface area contributed by atoms with Crippen LogP contribution in [0.5, 0.6) is 0 Å². The summed E-state index contributed by atoms with van der Waals surface area (Å²) >= 11 is 0. The minimum Gasteiger partial charge on any atom is -0.478 e. The number of benzene rings is 1. The van der Waals surface area contributed by atoms with E-state index in [2.05, 4.69) is 29.4 Å². The number of aromatic carboxylic acids is 1. The van der Waals surface area contributed by atoms with Gasteiger partial charge in [0.15, 0.2) is 0 Å². The highest BCUT2D eigenvalue weighted by molar-refractivity contribution is 5.86. The molecule has 0 amide bonds. The van der Waals surface area contributed by atoms with Gasteiger partial charge in [0.05, 0.1) is 18.3 Å². The third-order valence-electron chi connectivity index (χ3n) is 3.47. The first-order valence-corrected chi connectivity index (χ1v) is 6.54. The Balaban J connectivity index is 1.66. The van der Waals surface area contributed by atoms with E-state index in [0.29, 0.717) is 6.54 Å². The van der Waals surface area contributed by atoms with Crippen molar-refractivity contribution in [1.29, 1.82) is 0 Å². The van der Waals surface area contributed by atoms with Gasteiger partial charge in [-0.15, -0.1) is 0 Å². The molecule has 1 N–H and O–H groups in total. The number of hydrogen-bond donors (Lipinski definition) is 1. The van der Waals surface area contributed by atoms with Gasteiger partial charge in [-0.1, -0.05) is 24.3 Å². The van der Waals surface area contributed by atoms with Crippen molar-refractivity contribution in [3.63, 3.8) is 0 Å². The van der Waals surface area contributed by atoms with E-state index < -0.39 is 5.97 Å². The number of aromatic nitrogens is 2. The van der Waals surface area contributed by atoms with Crippen molar-refractivity contribution in [1.82, 2.24) is 9.78 Å². The van der Waals surface area contributed by atoms with Crippen LogP contribution in [-0.4, -0.2) is 20.9 Å². The SMILES string of the molecule is O=C(O)c1cnn(Cc2ccc(CC3CC3)cc2)c1. The molecule has 4 nitrogen and oxygen atoms in total. The summed E-state index contributed by atoms with van der Waals surface area (Å²) in [5.74, 6) is -0.0406. The van der Waals surface area contributed by atoms with E-state index in [-0.39, 0.29) is 5.56 Å². The maximum atomic E-state index is 10.8. The van der Waals surface area contributed by atoms with Crippen LogP contribution >= 0.6 is 0 Å². The summed E-state index contributed by atoms with van der Waals surface area (Å²) in [6.45, 7) is 0.608. The molecule has 1 aliphatic rings. The number of hydrogen-bond acceptors (Lipinski definition) is 2. The van der Waals surface area contributed by atoms with Crippen LogP contribution in [0.3, 0.4) is 0 Å². The number of rotatable bonds is 5. The van der Waals surface area contributed by atoms with Gasteiger partial charge in [0.1, 0.15) is 0 Å². The summed E-state index contributed by atoms with van der Waals surface area (Å²) in [4.78, 5) is 10.8. The molecule has 0 aliphatic heterocycles. The van der Waals surface area contributed by atoms with Crippen molar-refractivity contribution in [2.45, 2.75) is 25.8 Å². The standard InChI is InChI=1S/C15H16N2O2/c18-15(19)14-8-16-17(10-14)9-13-5-3-12(4-6-13)7-11-1-2-11/h3-6,8,10-11H,1-2,7,9H2,(H,18,19). The van der Waals surface area contributed by atoms with Crippen LogP contribution in [0, 0.1) is 5.92 Å². The lowest BCUT2D eigenvalue weighted by Gasteiger charge is -2.04. The summed E-state index contributed by atoms with van der Waals surface area (Å²) in [5.41, 5.74) is 2.75. The predicted molar refractivity (Wildman–Crippen MR) is 71.2 cm³/mol. The van der Waals surface area contributed by atoms with Crippen molar-refractivity contribution in [3.8, 4) is 0 Å². The molecule has 1 aromatic carbocycles. The molecule has 1 saturated carbocycles. The van der Waals surface area contributed by atoms with Gasteiger partial charge >= 0.3 is 5.97 Å². The lowest BCUT2D eigenvalue weighted by molar-refractivity contribution is 0.0697. The van der Waals surface area contributed by atoms with E-state index in [1.54, 1.807) is 10.9 Å². The summed E-state index contributed by atoms with van der Waals surface area (Å²) in [5, 5.41) is 12.9. The zero-order valence-corrected chi connectivity index (χ0v) is 10.6. The average Bonchev–Trinajstić information content (AvgIpc) is 3.08. The summed E-state index contributed by atoms with van der Waals surface area (Å²) in [6, 6.07) is 8.52. The summed E-state index contributed by atoms with van der Waals surface area (Å²) in [7, 11) is 0. The molecule has 0 saturated heterocycles. The first-order chi connectivity index (χ1) is 9.20. The minimum atomic E-state index is -0.939. The van der Waals surface area contributed by atoms with Gasteiger partial charge in [-0.05, 0) is 36.3 Å². The second-order valence-electron chi connectivity index (χ2n) is 5.20. The molecule has 4 heteroatoms. The zero-order chi connectivity index (χ0) is 13.2. The average molecular weight is 256 g/mol. The van der Waals surface area contributed by atoms with Crippen LogP contribution in [0.15, 0.2) is 36.7 Å². The molecule has 2 aromatic rings. The molecule has 0 radical (unpaired) electrons. The lowest BCUT2D eigenvalue weighted by Crippen LogP contribution is -2.00. The molecule has 1 fully saturated rings. The van der Waals surface area contributed by atoms with Crippen molar-refractivity contribution in [3.05, 3.63) is 53.3 Å². The van der Waals surface area contributed by atoms with Gasteiger partial charge in [0.25, 0.3) is 0 Å². The molecule has 3 rings (SSSR count). The van der Waals surface area contributed by atoms with Gasteiger partial charge in [-0.25, -0.2) is 4.79 Å². The maximum Gasteiger partial charge on any atom is 0.338 e. The monoisotopic (exact) mass is 256 g/mol. The van der Waals surface area contributed by atoms with E-state index in [1.807, 2.05) is 0 Å². The van der Waals surface area contributed by atoms with Crippen molar-refractivity contribution in [2.24, 2.45) is 5.92 Å². The number of carboxylic acids is 1. The molecule has 1 aromatic heterocycles. The van der Waals surface area contributed by atoms with Crippen LogP contribution in [0.1, 0.15) is 34.3 Å². The Morgan fingerprint density at radius 2 is 1.95 bits per heavy atom. The molecule has 1 heterocycles. The summed E-state index contributed by atoms with van der Waals surface area (Å²) in [6.07, 6.45) is 6.86. The zero-order valence-electron chi connectivity index (χ0n) is 10.6. The lowest BCUT2D eigenvalue weighted by atomic mass is 10.1. The Kier molecular flexibility index (Phi) is 3.07. The molecule has 0 bridgehead atoms. The van der Waals surface area contributed by atoms with E-state index in [4.69, 9.17) is 5.11 Å². The molecule has 0 atom stereocenters. The van der Waals surface area contributed by atoms with Crippen LogP contribution in [-0.2, 0) is 13.0 Å². The molecule has 1 aliphatic carbocycles. The highest BCUT2D eigenvalue weighted by Crippen LogP contribution is 2.32. The highest BCUT2D eigenvalue weighted by atomic mass is 16.4. The normalized spacial score (nSPS) is 14.5.